The molecule has 0 unspecified atom stereocenters. The summed E-state index contributed by atoms with van der Waals surface area (Å²) in [4.78, 5) is 26.2. The van der Waals surface area contributed by atoms with E-state index in [2.05, 4.69) is 5.32 Å². The number of hydrogen-bond acceptors (Lipinski definition) is 4. The molecule has 2 N–H and O–H groups in total. The van der Waals surface area contributed by atoms with Crippen LogP contribution in [0.4, 0.5) is 0 Å². The second kappa shape index (κ2) is 7.98. The highest BCUT2D eigenvalue weighted by atomic mass is 16.3. The minimum absolute atomic E-state index is 0.0554. The monoisotopic (exact) mass is 342 g/mol. The summed E-state index contributed by atoms with van der Waals surface area (Å²) in [5.74, 6) is 0.0597. The molecule has 6 heteroatoms. The van der Waals surface area contributed by atoms with Crippen LogP contribution in [0.25, 0.3) is 0 Å². The van der Waals surface area contributed by atoms with Gasteiger partial charge in [-0.15, -0.1) is 0 Å². The largest absolute Gasteiger partial charge is 0.467 e. The first-order valence-corrected chi connectivity index (χ1v) is 8.41. The molecule has 1 aliphatic heterocycles. The van der Waals surface area contributed by atoms with E-state index in [9.17, 15) is 14.7 Å². The average molecular weight is 342 g/mol. The second-order valence-corrected chi connectivity index (χ2v) is 6.33. The van der Waals surface area contributed by atoms with E-state index < -0.39 is 5.92 Å². The zero-order valence-corrected chi connectivity index (χ0v) is 13.9. The van der Waals surface area contributed by atoms with Crippen LogP contribution in [-0.4, -0.2) is 41.0 Å². The van der Waals surface area contributed by atoms with Crippen LogP contribution in [0.5, 0.6) is 0 Å². The second-order valence-electron chi connectivity index (χ2n) is 6.33. The molecule has 0 saturated carbocycles. The molecule has 2 atom stereocenters. The Labute approximate surface area is 146 Å². The molecule has 25 heavy (non-hydrogen) atoms. The average Bonchev–Trinajstić information content (AvgIpc) is 3.26. The van der Waals surface area contributed by atoms with Crippen LogP contribution in [-0.2, 0) is 22.6 Å². The Morgan fingerprint density at radius 3 is 2.76 bits per heavy atom. The van der Waals surface area contributed by atoms with Crippen molar-refractivity contribution in [2.45, 2.75) is 25.4 Å². The SMILES string of the molecule is O=C(N[C@@H](CO)Cc1ccccc1)[C@H]1CC(=O)N(Cc2ccco2)C1. The van der Waals surface area contributed by atoms with Crippen LogP contribution in [0.3, 0.4) is 0 Å². The molecule has 1 aromatic heterocycles. The van der Waals surface area contributed by atoms with E-state index in [0.29, 0.717) is 25.3 Å². The maximum atomic E-state index is 12.5. The number of aliphatic hydroxyl groups is 1. The van der Waals surface area contributed by atoms with Crippen LogP contribution in [0.1, 0.15) is 17.7 Å². The Balaban J connectivity index is 1.54. The summed E-state index contributed by atoms with van der Waals surface area (Å²) >= 11 is 0. The van der Waals surface area contributed by atoms with Gasteiger partial charge in [0.15, 0.2) is 0 Å². The van der Waals surface area contributed by atoms with E-state index in [1.165, 1.54) is 0 Å². The van der Waals surface area contributed by atoms with Gasteiger partial charge in [0.25, 0.3) is 0 Å². The molecule has 2 amide bonds. The van der Waals surface area contributed by atoms with Gasteiger partial charge in [-0.3, -0.25) is 9.59 Å². The number of carbonyl (C=O) groups excluding carboxylic acids is 2. The Morgan fingerprint density at radius 1 is 1.28 bits per heavy atom. The lowest BCUT2D eigenvalue weighted by Gasteiger charge is -2.19. The zero-order chi connectivity index (χ0) is 17.6. The Kier molecular flexibility index (Phi) is 5.50. The van der Waals surface area contributed by atoms with E-state index in [4.69, 9.17) is 4.42 Å². The summed E-state index contributed by atoms with van der Waals surface area (Å²) in [7, 11) is 0. The number of furan rings is 1. The molecule has 132 valence electrons. The number of rotatable bonds is 7. The van der Waals surface area contributed by atoms with Crippen molar-refractivity contribution in [3.8, 4) is 0 Å². The van der Waals surface area contributed by atoms with Crippen LogP contribution < -0.4 is 5.32 Å². The molecule has 0 aliphatic carbocycles. The van der Waals surface area contributed by atoms with Gasteiger partial charge in [0.05, 0.1) is 31.4 Å². The fraction of sp³-hybridized carbons (Fsp3) is 0.368. The maximum absolute atomic E-state index is 12.5. The topological polar surface area (TPSA) is 82.8 Å². The van der Waals surface area contributed by atoms with Gasteiger partial charge in [-0.1, -0.05) is 30.3 Å². The molecular formula is C19H22N2O4. The van der Waals surface area contributed by atoms with Crippen molar-refractivity contribution in [2.75, 3.05) is 13.2 Å². The minimum Gasteiger partial charge on any atom is -0.467 e. The van der Waals surface area contributed by atoms with Crippen molar-refractivity contribution >= 4 is 11.8 Å². The number of hydrogen-bond donors (Lipinski definition) is 2. The standard InChI is InChI=1S/C19H22N2O4/c22-13-16(9-14-5-2-1-3-6-14)20-19(24)15-10-18(23)21(11-15)12-17-7-4-8-25-17/h1-8,15-16,22H,9-13H2,(H,20,24)/t15-,16+/m0/s1. The molecule has 3 rings (SSSR count). The smallest absolute Gasteiger partial charge is 0.225 e. The molecule has 1 saturated heterocycles. The van der Waals surface area contributed by atoms with Crippen LogP contribution >= 0.6 is 0 Å². The van der Waals surface area contributed by atoms with Crippen molar-refractivity contribution in [1.82, 2.24) is 10.2 Å². The molecule has 1 fully saturated rings. The lowest BCUT2D eigenvalue weighted by atomic mass is 10.0. The Hall–Kier alpha value is -2.60. The molecule has 6 nitrogen and oxygen atoms in total. The molecular weight excluding hydrogens is 320 g/mol. The van der Waals surface area contributed by atoms with Gasteiger partial charge in [-0.2, -0.15) is 0 Å². The fourth-order valence-corrected chi connectivity index (χ4v) is 3.07. The van der Waals surface area contributed by atoms with E-state index in [1.54, 1.807) is 17.2 Å². The molecule has 0 bridgehead atoms. The third-order valence-electron chi connectivity index (χ3n) is 4.40. The number of benzene rings is 1. The maximum Gasteiger partial charge on any atom is 0.225 e. The molecule has 2 aromatic rings. The highest BCUT2D eigenvalue weighted by Crippen LogP contribution is 2.21. The van der Waals surface area contributed by atoms with Gasteiger partial charge in [0.1, 0.15) is 5.76 Å². The highest BCUT2D eigenvalue weighted by Gasteiger charge is 2.35. The number of amides is 2. The van der Waals surface area contributed by atoms with Crippen molar-refractivity contribution in [3.05, 3.63) is 60.1 Å². The van der Waals surface area contributed by atoms with Gasteiger partial charge >= 0.3 is 0 Å². The van der Waals surface area contributed by atoms with Gasteiger partial charge < -0.3 is 19.7 Å². The first-order chi connectivity index (χ1) is 12.2. The summed E-state index contributed by atoms with van der Waals surface area (Å²) in [6.45, 7) is 0.606. The third kappa shape index (κ3) is 4.48. The van der Waals surface area contributed by atoms with Gasteiger partial charge in [0.2, 0.25) is 11.8 Å². The van der Waals surface area contributed by atoms with Crippen molar-refractivity contribution in [3.63, 3.8) is 0 Å². The number of nitrogens with one attached hydrogen (secondary N) is 1. The van der Waals surface area contributed by atoms with Crippen LogP contribution in [0, 0.1) is 5.92 Å². The van der Waals surface area contributed by atoms with Gasteiger partial charge in [0, 0.05) is 13.0 Å². The van der Waals surface area contributed by atoms with Crippen molar-refractivity contribution < 1.29 is 19.1 Å². The summed E-state index contributed by atoms with van der Waals surface area (Å²) in [5, 5.41) is 12.4. The Bertz CT molecular complexity index is 699. The van der Waals surface area contributed by atoms with Gasteiger partial charge in [-0.25, -0.2) is 0 Å². The fourth-order valence-electron chi connectivity index (χ4n) is 3.07. The lowest BCUT2D eigenvalue weighted by Crippen LogP contribution is -2.43. The first kappa shape index (κ1) is 17.2. The molecule has 1 aliphatic rings. The van der Waals surface area contributed by atoms with Crippen LogP contribution in [0.15, 0.2) is 53.1 Å². The van der Waals surface area contributed by atoms with E-state index in [-0.39, 0.29) is 30.9 Å². The zero-order valence-electron chi connectivity index (χ0n) is 13.9. The van der Waals surface area contributed by atoms with Crippen molar-refractivity contribution in [2.24, 2.45) is 5.92 Å². The molecule has 2 heterocycles. The lowest BCUT2D eigenvalue weighted by molar-refractivity contribution is -0.129. The summed E-state index contributed by atoms with van der Waals surface area (Å²) < 4.78 is 5.26. The summed E-state index contributed by atoms with van der Waals surface area (Å²) in [5.41, 5.74) is 1.05. The number of aliphatic hydroxyl groups excluding tert-OH is 1. The quantitative estimate of drug-likeness (QED) is 0.796. The molecule has 1 aromatic carbocycles. The molecule has 0 spiro atoms. The van der Waals surface area contributed by atoms with E-state index in [0.717, 1.165) is 5.56 Å². The normalized spacial score (nSPS) is 18.4. The molecule has 0 radical (unpaired) electrons. The number of carbonyl (C=O) groups is 2. The predicted octanol–water partition coefficient (Wildman–Crippen LogP) is 1.35. The summed E-state index contributed by atoms with van der Waals surface area (Å²) in [6.07, 6.45) is 2.31. The highest BCUT2D eigenvalue weighted by molar-refractivity contribution is 5.89. The van der Waals surface area contributed by atoms with Crippen LogP contribution in [0.2, 0.25) is 0 Å². The first-order valence-electron chi connectivity index (χ1n) is 8.41. The third-order valence-corrected chi connectivity index (χ3v) is 4.40. The van der Waals surface area contributed by atoms with E-state index in [1.807, 2.05) is 36.4 Å². The Morgan fingerprint density at radius 2 is 2.08 bits per heavy atom. The van der Waals surface area contributed by atoms with Gasteiger partial charge in [-0.05, 0) is 24.1 Å². The summed E-state index contributed by atoms with van der Waals surface area (Å²) in [6, 6.07) is 12.9. The number of nitrogens with zero attached hydrogens (tertiary/aromatic N) is 1. The van der Waals surface area contributed by atoms with E-state index >= 15 is 0 Å². The van der Waals surface area contributed by atoms with Crippen molar-refractivity contribution in [1.29, 1.82) is 0 Å². The minimum atomic E-state index is -0.396. The predicted molar refractivity (Wildman–Crippen MR) is 91.4 cm³/mol. The number of likely N-dealkylation sites (tertiary alicyclic amines) is 1.